The van der Waals surface area contributed by atoms with Gasteiger partial charge in [0.05, 0.1) is 5.69 Å². The molecule has 1 aliphatic carbocycles. The van der Waals surface area contributed by atoms with Gasteiger partial charge in [-0.2, -0.15) is 0 Å². The first-order valence-electron chi connectivity index (χ1n) is 9.02. The first-order chi connectivity index (χ1) is 12.1. The standard InChI is InChI=1S/C21H21N3O/c1-13-7-8-23-12-18(22-20(23)9-13)16-5-6-19-17(11-16)10-14(2)24(19)21(25)15-3-4-15/h5-9,11-12,14-15H,3-4,10H2,1-2H3/t14-/m0/s1. The van der Waals surface area contributed by atoms with E-state index < -0.39 is 0 Å². The molecule has 4 nitrogen and oxygen atoms in total. The third-order valence-corrected chi connectivity index (χ3v) is 5.37. The molecule has 2 aliphatic rings. The first kappa shape index (κ1) is 14.7. The summed E-state index contributed by atoms with van der Waals surface area (Å²) in [7, 11) is 0. The molecule has 4 heteroatoms. The van der Waals surface area contributed by atoms with E-state index in [1.54, 1.807) is 0 Å². The molecule has 0 spiro atoms. The number of pyridine rings is 1. The Labute approximate surface area is 147 Å². The Morgan fingerprint density at radius 2 is 2.04 bits per heavy atom. The molecule has 1 saturated carbocycles. The lowest BCUT2D eigenvalue weighted by atomic mass is 10.1. The lowest BCUT2D eigenvalue weighted by molar-refractivity contribution is -0.120. The maximum atomic E-state index is 12.6. The zero-order chi connectivity index (χ0) is 17.1. The number of fused-ring (bicyclic) bond motifs is 2. The number of imidazole rings is 1. The van der Waals surface area contributed by atoms with Crippen molar-refractivity contribution in [2.45, 2.75) is 39.2 Å². The van der Waals surface area contributed by atoms with Crippen LogP contribution in [-0.4, -0.2) is 21.3 Å². The van der Waals surface area contributed by atoms with Crippen molar-refractivity contribution < 1.29 is 4.79 Å². The van der Waals surface area contributed by atoms with E-state index in [-0.39, 0.29) is 12.0 Å². The van der Waals surface area contributed by atoms with E-state index >= 15 is 0 Å². The summed E-state index contributed by atoms with van der Waals surface area (Å²) in [6, 6.07) is 10.8. The predicted octanol–water partition coefficient (Wildman–Crippen LogP) is 4.00. The van der Waals surface area contributed by atoms with E-state index in [1.165, 1.54) is 11.1 Å². The average Bonchev–Trinajstić information content (AvgIpc) is 3.27. The van der Waals surface area contributed by atoms with E-state index in [2.05, 4.69) is 54.8 Å². The highest BCUT2D eigenvalue weighted by Crippen LogP contribution is 2.40. The molecule has 1 fully saturated rings. The van der Waals surface area contributed by atoms with Crippen LogP contribution >= 0.6 is 0 Å². The van der Waals surface area contributed by atoms with Gasteiger partial charge in [0.25, 0.3) is 0 Å². The third kappa shape index (κ3) is 2.36. The van der Waals surface area contributed by atoms with Crippen LogP contribution in [0.4, 0.5) is 5.69 Å². The van der Waals surface area contributed by atoms with Gasteiger partial charge in [0, 0.05) is 35.6 Å². The first-order valence-corrected chi connectivity index (χ1v) is 9.02. The molecule has 1 atom stereocenters. The van der Waals surface area contributed by atoms with Crippen molar-refractivity contribution in [3.8, 4) is 11.3 Å². The lowest BCUT2D eigenvalue weighted by Gasteiger charge is -2.22. The van der Waals surface area contributed by atoms with E-state index in [1.807, 2.05) is 11.1 Å². The highest BCUT2D eigenvalue weighted by Gasteiger charge is 2.39. The molecule has 2 aromatic heterocycles. The summed E-state index contributed by atoms with van der Waals surface area (Å²) >= 11 is 0. The van der Waals surface area contributed by atoms with Crippen LogP contribution in [0, 0.1) is 12.8 Å². The molecule has 0 N–H and O–H groups in total. The van der Waals surface area contributed by atoms with Crippen molar-refractivity contribution in [2.24, 2.45) is 5.92 Å². The molecular formula is C21H21N3O. The van der Waals surface area contributed by atoms with Gasteiger partial charge in [-0.05, 0) is 68.5 Å². The molecule has 0 saturated heterocycles. The van der Waals surface area contributed by atoms with Gasteiger partial charge in [-0.1, -0.05) is 6.07 Å². The number of carbonyl (C=O) groups excluding carboxylic acids is 1. The molecule has 1 aromatic carbocycles. The van der Waals surface area contributed by atoms with E-state index in [4.69, 9.17) is 4.98 Å². The molecule has 126 valence electrons. The summed E-state index contributed by atoms with van der Waals surface area (Å²) in [5, 5.41) is 0. The third-order valence-electron chi connectivity index (χ3n) is 5.37. The van der Waals surface area contributed by atoms with Gasteiger partial charge in [0.1, 0.15) is 5.65 Å². The summed E-state index contributed by atoms with van der Waals surface area (Å²) in [5.41, 5.74) is 6.62. The number of hydrogen-bond donors (Lipinski definition) is 0. The average molecular weight is 331 g/mol. The molecule has 1 aliphatic heterocycles. The highest BCUT2D eigenvalue weighted by molar-refractivity contribution is 5.99. The van der Waals surface area contributed by atoms with Gasteiger partial charge >= 0.3 is 0 Å². The van der Waals surface area contributed by atoms with E-state index in [0.29, 0.717) is 5.91 Å². The van der Waals surface area contributed by atoms with Crippen molar-refractivity contribution in [3.05, 3.63) is 53.9 Å². The Kier molecular flexibility index (Phi) is 3.05. The zero-order valence-corrected chi connectivity index (χ0v) is 14.6. The smallest absolute Gasteiger partial charge is 0.230 e. The number of anilines is 1. The molecule has 3 heterocycles. The van der Waals surface area contributed by atoms with Crippen LogP contribution in [-0.2, 0) is 11.2 Å². The van der Waals surface area contributed by atoms with Crippen LogP contribution in [0.25, 0.3) is 16.9 Å². The SMILES string of the molecule is Cc1ccn2cc(-c3ccc4c(c3)C[C@H](C)N4C(=O)C3CC3)nc2c1. The second-order valence-electron chi connectivity index (χ2n) is 7.47. The molecule has 25 heavy (non-hydrogen) atoms. The Balaban J connectivity index is 1.54. The van der Waals surface area contributed by atoms with Gasteiger partial charge in [0.15, 0.2) is 0 Å². The maximum Gasteiger partial charge on any atom is 0.230 e. The van der Waals surface area contributed by atoms with Crippen LogP contribution in [0.3, 0.4) is 0 Å². The minimum atomic E-state index is 0.252. The molecular weight excluding hydrogens is 310 g/mol. The largest absolute Gasteiger partial charge is 0.309 e. The topological polar surface area (TPSA) is 37.6 Å². The molecule has 0 radical (unpaired) electrons. The van der Waals surface area contributed by atoms with Crippen LogP contribution in [0.1, 0.15) is 30.9 Å². The maximum absolute atomic E-state index is 12.6. The molecule has 1 amide bonds. The Morgan fingerprint density at radius 3 is 2.84 bits per heavy atom. The summed E-state index contributed by atoms with van der Waals surface area (Å²) in [5.74, 6) is 0.567. The van der Waals surface area contributed by atoms with Crippen LogP contribution in [0.2, 0.25) is 0 Å². The Bertz CT molecular complexity index is 1000. The number of benzene rings is 1. The minimum absolute atomic E-state index is 0.252. The molecule has 3 aromatic rings. The van der Waals surface area contributed by atoms with Crippen LogP contribution in [0.15, 0.2) is 42.7 Å². The monoisotopic (exact) mass is 331 g/mol. The zero-order valence-electron chi connectivity index (χ0n) is 14.6. The Morgan fingerprint density at radius 1 is 1.20 bits per heavy atom. The molecule has 0 bridgehead atoms. The van der Waals surface area contributed by atoms with Crippen molar-refractivity contribution in [1.29, 1.82) is 0 Å². The van der Waals surface area contributed by atoms with Crippen LogP contribution < -0.4 is 4.90 Å². The number of hydrogen-bond acceptors (Lipinski definition) is 2. The molecule has 5 rings (SSSR count). The fraction of sp³-hybridized carbons (Fsp3) is 0.333. The fourth-order valence-electron chi connectivity index (χ4n) is 3.88. The second kappa shape index (κ2) is 5.19. The number of nitrogens with zero attached hydrogens (tertiary/aromatic N) is 3. The highest BCUT2D eigenvalue weighted by atomic mass is 16.2. The van der Waals surface area contributed by atoms with Crippen molar-refractivity contribution >= 4 is 17.2 Å². The number of aromatic nitrogens is 2. The summed E-state index contributed by atoms with van der Waals surface area (Å²) in [4.78, 5) is 19.4. The van der Waals surface area contributed by atoms with Crippen molar-refractivity contribution in [1.82, 2.24) is 9.38 Å². The quantitative estimate of drug-likeness (QED) is 0.712. The van der Waals surface area contributed by atoms with Crippen molar-refractivity contribution in [3.63, 3.8) is 0 Å². The van der Waals surface area contributed by atoms with Crippen LogP contribution in [0.5, 0.6) is 0 Å². The molecule has 0 unspecified atom stereocenters. The van der Waals surface area contributed by atoms with Gasteiger partial charge in [-0.25, -0.2) is 4.98 Å². The number of carbonyl (C=O) groups is 1. The summed E-state index contributed by atoms with van der Waals surface area (Å²) in [6.07, 6.45) is 7.15. The van der Waals surface area contributed by atoms with E-state index in [0.717, 1.165) is 41.9 Å². The number of aryl methyl sites for hydroxylation is 1. The lowest BCUT2D eigenvalue weighted by Crippen LogP contribution is -2.36. The Hall–Kier alpha value is -2.62. The normalized spacial score (nSPS) is 19.4. The van der Waals surface area contributed by atoms with Crippen molar-refractivity contribution in [2.75, 3.05) is 4.90 Å². The fourth-order valence-corrected chi connectivity index (χ4v) is 3.88. The summed E-state index contributed by atoms with van der Waals surface area (Å²) in [6.45, 7) is 4.23. The van der Waals surface area contributed by atoms with Gasteiger partial charge in [-0.15, -0.1) is 0 Å². The van der Waals surface area contributed by atoms with Gasteiger partial charge in [-0.3, -0.25) is 4.79 Å². The number of rotatable bonds is 2. The second-order valence-corrected chi connectivity index (χ2v) is 7.47. The van der Waals surface area contributed by atoms with E-state index in [9.17, 15) is 4.79 Å². The van der Waals surface area contributed by atoms with Gasteiger partial charge < -0.3 is 9.30 Å². The number of amides is 1. The summed E-state index contributed by atoms with van der Waals surface area (Å²) < 4.78 is 2.06. The predicted molar refractivity (Wildman–Crippen MR) is 98.7 cm³/mol. The minimum Gasteiger partial charge on any atom is -0.309 e. The van der Waals surface area contributed by atoms with Gasteiger partial charge in [0.2, 0.25) is 5.91 Å².